The van der Waals surface area contributed by atoms with Crippen molar-refractivity contribution in [2.24, 2.45) is 28.2 Å². The smallest absolute Gasteiger partial charge is 0.374 e. The summed E-state index contributed by atoms with van der Waals surface area (Å²) in [7, 11) is 15.2. The molecule has 0 aliphatic carbocycles. The molecule has 0 radical (unpaired) electrons. The molecule has 0 amide bonds. The van der Waals surface area contributed by atoms with Crippen LogP contribution >= 0.6 is 21.6 Å². The van der Waals surface area contributed by atoms with Crippen LogP contribution in [0.1, 0.15) is 22.8 Å². The maximum atomic E-state index is 9.92. The Morgan fingerprint density at radius 3 is 1.29 bits per heavy atom. The van der Waals surface area contributed by atoms with Crippen molar-refractivity contribution in [1.82, 2.24) is 9.13 Å². The van der Waals surface area contributed by atoms with Gasteiger partial charge in [0, 0.05) is 62.2 Å². The number of anilines is 2. The Morgan fingerprint density at radius 2 is 0.964 bits per heavy atom. The standard InChI is InChI=1S/C40H46N6S2.C2H6O4S/c1-41(33-21-15-31(16-22-33)19-25-39-43(3)35-11-7-8-12-36(35)44(39)4)27-29-47-48-30-28-42(2)34-23-17-32(18-24-34)20-26-40-45(5)37-13-9-10-14-38(37)46(40)6;1-5-7(3,4)6-2/h7-26H,27-30H2,1-6H3;1-2H3/q+2;. The maximum Gasteiger partial charge on any atom is 0.399 e. The van der Waals surface area contributed by atoms with Crippen molar-refractivity contribution in [2.75, 3.05) is 62.7 Å². The highest BCUT2D eigenvalue weighted by molar-refractivity contribution is 8.76. The summed E-state index contributed by atoms with van der Waals surface area (Å²) in [5.74, 6) is 4.51. The molecular formula is C42H52N6O4S3+2. The van der Waals surface area contributed by atoms with Gasteiger partial charge in [0.2, 0.25) is 0 Å². The predicted octanol–water partition coefficient (Wildman–Crippen LogP) is 7.14. The van der Waals surface area contributed by atoms with Gasteiger partial charge in [0.15, 0.2) is 22.1 Å². The number of fused-ring (bicyclic) bond motifs is 2. The minimum atomic E-state index is -3.66. The average Bonchev–Trinajstić information content (AvgIpc) is 3.60. The summed E-state index contributed by atoms with van der Waals surface area (Å²) in [6, 6.07) is 34.7. The van der Waals surface area contributed by atoms with E-state index in [1.165, 1.54) is 56.2 Å². The third-order valence-electron chi connectivity index (χ3n) is 9.61. The third kappa shape index (κ3) is 10.6. The second-order valence-corrected chi connectivity index (χ2v) is 17.2. The molecule has 0 atom stereocenters. The zero-order valence-corrected chi connectivity index (χ0v) is 35.4. The molecule has 0 spiro atoms. The number of para-hydroxylation sites is 4. The second kappa shape index (κ2) is 19.4. The Morgan fingerprint density at radius 1 is 0.600 bits per heavy atom. The number of hydrogen-bond donors (Lipinski definition) is 0. The molecule has 10 nitrogen and oxygen atoms in total. The van der Waals surface area contributed by atoms with Gasteiger partial charge >= 0.3 is 10.4 Å². The van der Waals surface area contributed by atoms with Crippen LogP contribution in [0.5, 0.6) is 0 Å². The molecule has 2 aromatic heterocycles. The highest BCUT2D eigenvalue weighted by Gasteiger charge is 2.18. The number of nitrogens with zero attached hydrogens (tertiary/aromatic N) is 6. The lowest BCUT2D eigenvalue weighted by molar-refractivity contribution is -0.647. The van der Waals surface area contributed by atoms with Crippen molar-refractivity contribution < 1.29 is 25.9 Å². The van der Waals surface area contributed by atoms with Crippen LogP contribution in [0.2, 0.25) is 0 Å². The summed E-state index contributed by atoms with van der Waals surface area (Å²) < 4.78 is 36.5. The lowest BCUT2D eigenvalue weighted by atomic mass is 10.2. The fourth-order valence-corrected chi connectivity index (χ4v) is 8.49. The third-order valence-corrected chi connectivity index (χ3v) is 12.8. The van der Waals surface area contributed by atoms with Gasteiger partial charge in [-0.2, -0.15) is 8.42 Å². The first-order valence-corrected chi connectivity index (χ1v) is 21.7. The van der Waals surface area contributed by atoms with Gasteiger partial charge in [-0.3, -0.25) is 8.37 Å². The minimum absolute atomic E-state index is 1.01. The molecule has 0 bridgehead atoms. The van der Waals surface area contributed by atoms with Gasteiger partial charge in [-0.15, -0.1) is 0 Å². The molecular weight excluding hydrogens is 749 g/mol. The summed E-state index contributed by atoms with van der Waals surface area (Å²) in [4.78, 5) is 4.68. The molecule has 6 aromatic rings. The number of rotatable bonds is 15. The molecule has 290 valence electrons. The van der Waals surface area contributed by atoms with Crippen molar-refractivity contribution in [3.05, 3.63) is 120 Å². The number of aryl methyl sites for hydroxylation is 4. The van der Waals surface area contributed by atoms with Crippen molar-refractivity contribution in [3.63, 3.8) is 0 Å². The monoisotopic (exact) mass is 800 g/mol. The Bertz CT molecular complexity index is 2110. The van der Waals surface area contributed by atoms with Crippen LogP contribution in [-0.4, -0.2) is 70.5 Å². The number of benzene rings is 4. The maximum absolute atomic E-state index is 9.92. The van der Waals surface area contributed by atoms with Crippen molar-refractivity contribution in [3.8, 4) is 0 Å². The first-order valence-electron chi connectivity index (χ1n) is 17.9. The molecule has 0 saturated carbocycles. The van der Waals surface area contributed by atoms with E-state index in [9.17, 15) is 8.42 Å². The van der Waals surface area contributed by atoms with Crippen LogP contribution in [-0.2, 0) is 47.0 Å². The molecule has 6 rings (SSSR count). The Labute approximate surface area is 334 Å². The van der Waals surface area contributed by atoms with Gasteiger partial charge in [-0.05, 0) is 71.8 Å². The normalized spacial score (nSPS) is 11.9. The summed E-state index contributed by atoms with van der Waals surface area (Å²) >= 11 is 0. The largest absolute Gasteiger partial charge is 0.399 e. The Balaban J connectivity index is 0.000000757. The Hall–Kier alpha value is -4.53. The first-order chi connectivity index (χ1) is 26.4. The zero-order valence-electron chi connectivity index (χ0n) is 32.9. The molecule has 0 aliphatic heterocycles. The van der Waals surface area contributed by atoms with E-state index in [4.69, 9.17) is 0 Å². The summed E-state index contributed by atoms with van der Waals surface area (Å²) in [5.41, 5.74) is 9.85. The molecule has 2 heterocycles. The average molecular weight is 801 g/mol. The van der Waals surface area contributed by atoms with Crippen molar-refractivity contribution in [2.45, 2.75) is 0 Å². The topological polar surface area (TPSA) is 76.7 Å². The summed E-state index contributed by atoms with van der Waals surface area (Å²) in [6.45, 7) is 2.03. The molecule has 0 fully saturated rings. The van der Waals surface area contributed by atoms with E-state index < -0.39 is 10.4 Å². The first kappa shape index (κ1) is 41.6. The van der Waals surface area contributed by atoms with E-state index in [2.05, 4.69) is 200 Å². The number of aromatic nitrogens is 4. The second-order valence-electron chi connectivity index (χ2n) is 13.0. The highest BCUT2D eigenvalue weighted by Crippen LogP contribution is 2.24. The SMILES string of the molecule is CN(CCSSCCN(C)c1ccc(C=Cc2n(C)c3ccccc3[n+]2C)cc1)c1ccc(C=Cc2n(C)c3ccccc3[n+]2C)cc1.COS(=O)(=O)OC. The summed E-state index contributed by atoms with van der Waals surface area (Å²) in [5, 5.41) is 0. The molecule has 0 unspecified atom stereocenters. The van der Waals surface area contributed by atoms with E-state index >= 15 is 0 Å². The molecule has 4 aromatic carbocycles. The van der Waals surface area contributed by atoms with E-state index in [1.54, 1.807) is 0 Å². The molecule has 55 heavy (non-hydrogen) atoms. The quantitative estimate of drug-likeness (QED) is 0.0617. The van der Waals surface area contributed by atoms with Crippen LogP contribution in [0.3, 0.4) is 0 Å². The van der Waals surface area contributed by atoms with E-state index in [0.29, 0.717) is 0 Å². The zero-order chi connectivity index (χ0) is 39.5. The van der Waals surface area contributed by atoms with E-state index in [-0.39, 0.29) is 0 Å². The Kier molecular flexibility index (Phi) is 14.7. The van der Waals surface area contributed by atoms with Crippen molar-refractivity contribution >= 4 is 89.7 Å². The van der Waals surface area contributed by atoms with E-state index in [1.807, 2.05) is 21.6 Å². The van der Waals surface area contributed by atoms with Crippen LogP contribution in [0, 0.1) is 0 Å². The fourth-order valence-electron chi connectivity index (χ4n) is 6.27. The molecule has 0 saturated heterocycles. The molecule has 13 heteroatoms. The predicted molar refractivity (Wildman–Crippen MR) is 233 cm³/mol. The van der Waals surface area contributed by atoms with Gasteiger partial charge in [-0.25, -0.2) is 18.3 Å². The van der Waals surface area contributed by atoms with Gasteiger partial charge in [0.1, 0.15) is 0 Å². The highest BCUT2D eigenvalue weighted by atomic mass is 33.1. The van der Waals surface area contributed by atoms with Crippen LogP contribution in [0.15, 0.2) is 97.1 Å². The van der Waals surface area contributed by atoms with Crippen LogP contribution in [0.25, 0.3) is 46.4 Å². The lowest BCUT2D eigenvalue weighted by Gasteiger charge is -2.20. The van der Waals surface area contributed by atoms with Crippen LogP contribution in [0.4, 0.5) is 11.4 Å². The fraction of sp³-hybridized carbons (Fsp3) is 0.286. The summed E-state index contributed by atoms with van der Waals surface area (Å²) in [6.07, 6.45) is 8.79. The molecule has 0 N–H and O–H groups in total. The lowest BCUT2D eigenvalue weighted by Crippen LogP contribution is -2.30. The van der Waals surface area contributed by atoms with Gasteiger partial charge in [-0.1, -0.05) is 70.1 Å². The number of imidazole rings is 2. The van der Waals surface area contributed by atoms with Gasteiger partial charge < -0.3 is 9.80 Å². The van der Waals surface area contributed by atoms with Gasteiger partial charge in [0.25, 0.3) is 11.6 Å². The van der Waals surface area contributed by atoms with Crippen molar-refractivity contribution in [1.29, 1.82) is 0 Å². The van der Waals surface area contributed by atoms with Crippen LogP contribution < -0.4 is 18.9 Å². The van der Waals surface area contributed by atoms with Gasteiger partial charge in [0.05, 0.1) is 42.4 Å². The van der Waals surface area contributed by atoms with E-state index in [0.717, 1.165) is 38.8 Å². The molecule has 0 aliphatic rings. The number of hydrogen-bond acceptors (Lipinski definition) is 8. The minimum Gasteiger partial charge on any atom is -0.374 e.